The molecule has 15 heavy (non-hydrogen) atoms. The molecule has 0 aliphatic carbocycles. The average Bonchev–Trinajstić information content (AvgIpc) is 2.16. The van der Waals surface area contributed by atoms with Gasteiger partial charge in [0.1, 0.15) is 0 Å². The van der Waals surface area contributed by atoms with Gasteiger partial charge < -0.3 is 4.52 Å². The molecule has 1 atom stereocenters. The van der Waals surface area contributed by atoms with Crippen LogP contribution in [0.1, 0.15) is 13.8 Å². The molecule has 0 bridgehead atoms. The molecule has 0 fully saturated rings. The van der Waals surface area contributed by atoms with Crippen LogP contribution in [-0.4, -0.2) is 49.6 Å². The van der Waals surface area contributed by atoms with E-state index < -0.39 is 13.2 Å². The Morgan fingerprint density at radius 3 is 2.40 bits per heavy atom. The van der Waals surface area contributed by atoms with E-state index in [0.29, 0.717) is 0 Å². The predicted molar refractivity (Wildman–Crippen MR) is 58.3 cm³/mol. The van der Waals surface area contributed by atoms with E-state index in [9.17, 15) is 14.2 Å². The number of hydrogen-bond acceptors (Lipinski definition) is 5. The summed E-state index contributed by atoms with van der Waals surface area (Å²) in [7, 11) is -1.32. The zero-order valence-electron chi connectivity index (χ0n) is 9.60. The molecule has 0 aromatic rings. The van der Waals surface area contributed by atoms with Gasteiger partial charge in [0.05, 0.1) is 12.8 Å². The van der Waals surface area contributed by atoms with Gasteiger partial charge in [-0.25, -0.2) is 0 Å². The number of carbonyl (C=O) groups is 2. The number of ketones is 1. The van der Waals surface area contributed by atoms with E-state index in [4.69, 9.17) is 4.52 Å². The Bertz CT molecular complexity index is 277. The standard InChI is InChI=1S/C9H18NO4P/c1-8(2)10(5-9(12)6-11)7-15(4,13)14-3/h6,8H,5,7H2,1-4H3. The number of carbonyl (C=O) groups excluding carboxylic acids is 2. The van der Waals surface area contributed by atoms with Gasteiger partial charge in [-0.05, 0) is 13.8 Å². The van der Waals surface area contributed by atoms with E-state index in [1.807, 2.05) is 13.8 Å². The maximum atomic E-state index is 11.7. The van der Waals surface area contributed by atoms with Crippen molar-refractivity contribution in [1.82, 2.24) is 4.90 Å². The molecule has 0 saturated carbocycles. The average molecular weight is 235 g/mol. The molecule has 0 aliphatic heterocycles. The fourth-order valence-corrected chi connectivity index (χ4v) is 2.22. The van der Waals surface area contributed by atoms with Gasteiger partial charge in [0.25, 0.3) is 0 Å². The summed E-state index contributed by atoms with van der Waals surface area (Å²) in [5, 5.41) is 0. The summed E-state index contributed by atoms with van der Waals surface area (Å²) in [5.41, 5.74) is 0. The molecule has 0 aromatic heterocycles. The van der Waals surface area contributed by atoms with Crippen LogP contribution in [0.5, 0.6) is 0 Å². The quantitative estimate of drug-likeness (QED) is 0.374. The molecule has 0 amide bonds. The molecule has 0 rings (SSSR count). The van der Waals surface area contributed by atoms with Crippen molar-refractivity contribution in [2.45, 2.75) is 19.9 Å². The molecule has 0 aromatic carbocycles. The Morgan fingerprint density at radius 2 is 2.07 bits per heavy atom. The number of nitrogens with zero attached hydrogens (tertiary/aromatic N) is 1. The highest BCUT2D eigenvalue weighted by Crippen LogP contribution is 2.42. The van der Waals surface area contributed by atoms with Crippen LogP contribution in [-0.2, 0) is 18.7 Å². The molecule has 0 aliphatic rings. The van der Waals surface area contributed by atoms with Crippen molar-refractivity contribution in [3.05, 3.63) is 0 Å². The monoisotopic (exact) mass is 235 g/mol. The van der Waals surface area contributed by atoms with Gasteiger partial charge in [-0.2, -0.15) is 0 Å². The number of aldehydes is 1. The molecular weight excluding hydrogens is 217 g/mol. The SMILES string of the molecule is COP(C)(=O)CN(CC(=O)C=O)C(C)C. The minimum Gasteiger partial charge on any atom is -0.331 e. The van der Waals surface area contributed by atoms with Gasteiger partial charge in [0, 0.05) is 19.8 Å². The van der Waals surface area contributed by atoms with Crippen LogP contribution in [0.25, 0.3) is 0 Å². The number of rotatable bonds is 7. The summed E-state index contributed by atoms with van der Waals surface area (Å²) in [4.78, 5) is 22.8. The van der Waals surface area contributed by atoms with Gasteiger partial charge in [-0.3, -0.25) is 19.1 Å². The smallest absolute Gasteiger partial charge is 0.213 e. The van der Waals surface area contributed by atoms with E-state index in [1.165, 1.54) is 13.8 Å². The van der Waals surface area contributed by atoms with Crippen molar-refractivity contribution in [3.63, 3.8) is 0 Å². The lowest BCUT2D eigenvalue weighted by Gasteiger charge is -2.27. The lowest BCUT2D eigenvalue weighted by Crippen LogP contribution is -2.36. The van der Waals surface area contributed by atoms with Gasteiger partial charge >= 0.3 is 0 Å². The first kappa shape index (κ1) is 14.5. The highest BCUT2D eigenvalue weighted by Gasteiger charge is 2.22. The Hall–Kier alpha value is -0.510. The van der Waals surface area contributed by atoms with E-state index in [0.717, 1.165) is 0 Å². The van der Waals surface area contributed by atoms with Crippen LogP contribution in [0.3, 0.4) is 0 Å². The van der Waals surface area contributed by atoms with Gasteiger partial charge in [0.2, 0.25) is 13.2 Å². The number of Topliss-reactive ketones (excluding diaryl/α,β-unsaturated/α-hetero) is 1. The predicted octanol–water partition coefficient (Wildman–Crippen LogP) is 0.977. The molecule has 0 heterocycles. The second kappa shape index (κ2) is 6.16. The van der Waals surface area contributed by atoms with E-state index in [1.54, 1.807) is 4.90 Å². The van der Waals surface area contributed by atoms with Crippen molar-refractivity contribution >= 4 is 19.4 Å². The van der Waals surface area contributed by atoms with Crippen LogP contribution in [0.15, 0.2) is 0 Å². The lowest BCUT2D eigenvalue weighted by atomic mass is 10.3. The molecule has 6 heteroatoms. The Labute approximate surface area is 90.2 Å². The molecule has 0 radical (unpaired) electrons. The maximum absolute atomic E-state index is 11.7. The Morgan fingerprint density at radius 1 is 1.53 bits per heavy atom. The zero-order chi connectivity index (χ0) is 12.1. The van der Waals surface area contributed by atoms with Gasteiger partial charge in [0.15, 0.2) is 6.29 Å². The van der Waals surface area contributed by atoms with Crippen LogP contribution in [0, 0.1) is 0 Å². The van der Waals surface area contributed by atoms with E-state index >= 15 is 0 Å². The highest BCUT2D eigenvalue weighted by molar-refractivity contribution is 7.58. The third kappa shape index (κ3) is 5.82. The van der Waals surface area contributed by atoms with Crippen LogP contribution in [0.4, 0.5) is 0 Å². The van der Waals surface area contributed by atoms with E-state index in [-0.39, 0.29) is 25.2 Å². The zero-order valence-corrected chi connectivity index (χ0v) is 10.5. The summed E-state index contributed by atoms with van der Waals surface area (Å²) >= 11 is 0. The first-order valence-corrected chi connectivity index (χ1v) is 6.92. The first-order valence-electron chi connectivity index (χ1n) is 4.66. The Balaban J connectivity index is 4.48. The number of hydrogen-bond donors (Lipinski definition) is 0. The fourth-order valence-electron chi connectivity index (χ4n) is 1.02. The molecule has 88 valence electrons. The van der Waals surface area contributed by atoms with Crippen LogP contribution in [0.2, 0.25) is 0 Å². The molecule has 5 nitrogen and oxygen atoms in total. The first-order chi connectivity index (χ1) is 6.82. The molecule has 1 unspecified atom stereocenters. The van der Waals surface area contributed by atoms with Crippen LogP contribution < -0.4 is 0 Å². The van der Waals surface area contributed by atoms with Crippen LogP contribution >= 0.6 is 7.37 Å². The summed E-state index contributed by atoms with van der Waals surface area (Å²) in [6, 6.07) is 0.0392. The van der Waals surface area contributed by atoms with Gasteiger partial charge in [-0.15, -0.1) is 0 Å². The van der Waals surface area contributed by atoms with Crippen molar-refractivity contribution < 1.29 is 18.7 Å². The topological polar surface area (TPSA) is 63.7 Å². The third-order valence-corrected chi connectivity index (χ3v) is 3.69. The molecule has 0 saturated heterocycles. The molecule has 0 spiro atoms. The summed E-state index contributed by atoms with van der Waals surface area (Å²) in [6.45, 7) is 5.23. The minimum atomic E-state index is -2.69. The summed E-state index contributed by atoms with van der Waals surface area (Å²) in [6.07, 6.45) is 0.462. The summed E-state index contributed by atoms with van der Waals surface area (Å²) in [5.74, 6) is -0.514. The maximum Gasteiger partial charge on any atom is 0.213 e. The minimum absolute atomic E-state index is 0.0116. The third-order valence-electron chi connectivity index (χ3n) is 2.05. The highest BCUT2D eigenvalue weighted by atomic mass is 31.2. The van der Waals surface area contributed by atoms with E-state index in [2.05, 4.69) is 0 Å². The second-order valence-corrected chi connectivity index (χ2v) is 6.44. The molecular formula is C9H18NO4P. The van der Waals surface area contributed by atoms with Crippen molar-refractivity contribution in [1.29, 1.82) is 0 Å². The lowest BCUT2D eigenvalue weighted by molar-refractivity contribution is -0.130. The molecule has 0 N–H and O–H groups in total. The second-order valence-electron chi connectivity index (χ2n) is 3.76. The van der Waals surface area contributed by atoms with Gasteiger partial charge in [-0.1, -0.05) is 0 Å². The van der Waals surface area contributed by atoms with Crippen molar-refractivity contribution in [2.24, 2.45) is 0 Å². The summed E-state index contributed by atoms with van der Waals surface area (Å²) < 4.78 is 16.6. The Kier molecular flexibility index (Phi) is 5.95. The van der Waals surface area contributed by atoms with Crippen molar-refractivity contribution in [2.75, 3.05) is 26.6 Å². The van der Waals surface area contributed by atoms with Crippen molar-refractivity contribution in [3.8, 4) is 0 Å². The fraction of sp³-hybridized carbons (Fsp3) is 0.778. The largest absolute Gasteiger partial charge is 0.331 e. The normalized spacial score (nSPS) is 15.3.